The van der Waals surface area contributed by atoms with Crippen LogP contribution in [0, 0.1) is 0 Å². The number of hydrogen-bond donors (Lipinski definition) is 1. The van der Waals surface area contributed by atoms with Crippen LogP contribution in [0.5, 0.6) is 5.88 Å². The summed E-state index contributed by atoms with van der Waals surface area (Å²) in [5.74, 6) is 0.956. The number of pyridine rings is 1. The fourth-order valence-corrected chi connectivity index (χ4v) is 1.95. The maximum Gasteiger partial charge on any atom is 0.212 e. The van der Waals surface area contributed by atoms with Gasteiger partial charge < -0.3 is 10.5 Å². The monoisotopic (exact) mass is 286 g/mol. The minimum atomic E-state index is 0.406. The van der Waals surface area contributed by atoms with Gasteiger partial charge in [0.15, 0.2) is 5.65 Å². The van der Waals surface area contributed by atoms with Gasteiger partial charge in [-0.25, -0.2) is 19.6 Å². The SMILES string of the molecule is CC.COc1ccc(-c2nn(C)c3ncnc(N)c23)cn1. The maximum absolute atomic E-state index is 5.91. The fourth-order valence-electron chi connectivity index (χ4n) is 1.95. The van der Waals surface area contributed by atoms with Crippen LogP contribution in [0.15, 0.2) is 24.7 Å². The molecular formula is C14H18N6O. The van der Waals surface area contributed by atoms with E-state index in [4.69, 9.17) is 10.5 Å². The highest BCUT2D eigenvalue weighted by Gasteiger charge is 2.15. The highest BCUT2D eigenvalue weighted by atomic mass is 16.5. The van der Waals surface area contributed by atoms with Crippen molar-refractivity contribution in [2.75, 3.05) is 12.8 Å². The molecule has 7 heteroatoms. The lowest BCUT2D eigenvalue weighted by Gasteiger charge is -2.01. The summed E-state index contributed by atoms with van der Waals surface area (Å²) < 4.78 is 6.71. The Morgan fingerprint density at radius 1 is 1.14 bits per heavy atom. The Balaban J connectivity index is 0.000000774. The first-order chi connectivity index (χ1) is 10.2. The van der Waals surface area contributed by atoms with Crippen LogP contribution in [0.4, 0.5) is 5.82 Å². The van der Waals surface area contributed by atoms with Gasteiger partial charge in [0.1, 0.15) is 17.8 Å². The first-order valence-electron chi connectivity index (χ1n) is 6.64. The Hall–Kier alpha value is -2.70. The Morgan fingerprint density at radius 2 is 1.90 bits per heavy atom. The highest BCUT2D eigenvalue weighted by Crippen LogP contribution is 2.29. The van der Waals surface area contributed by atoms with Crippen molar-refractivity contribution in [3.63, 3.8) is 0 Å². The summed E-state index contributed by atoms with van der Waals surface area (Å²) in [6, 6.07) is 3.65. The predicted molar refractivity (Wildman–Crippen MR) is 81.8 cm³/mol. The lowest BCUT2D eigenvalue weighted by Crippen LogP contribution is -1.95. The van der Waals surface area contributed by atoms with Crippen LogP contribution in [0.3, 0.4) is 0 Å². The number of rotatable bonds is 2. The second-order valence-electron chi connectivity index (χ2n) is 4.02. The molecule has 0 aliphatic rings. The minimum Gasteiger partial charge on any atom is -0.481 e. The number of hydrogen-bond acceptors (Lipinski definition) is 6. The Kier molecular flexibility index (Phi) is 4.32. The molecule has 7 nitrogen and oxygen atoms in total. The largest absolute Gasteiger partial charge is 0.481 e. The molecule has 0 radical (unpaired) electrons. The van der Waals surface area contributed by atoms with Crippen molar-refractivity contribution in [1.82, 2.24) is 24.7 Å². The minimum absolute atomic E-state index is 0.406. The quantitative estimate of drug-likeness (QED) is 0.775. The number of aromatic nitrogens is 5. The van der Waals surface area contributed by atoms with Crippen LogP contribution in [0.1, 0.15) is 13.8 Å². The molecule has 2 N–H and O–H groups in total. The number of fused-ring (bicyclic) bond motifs is 1. The number of anilines is 1. The summed E-state index contributed by atoms with van der Waals surface area (Å²) in [4.78, 5) is 12.4. The Labute approximate surface area is 122 Å². The van der Waals surface area contributed by atoms with Crippen LogP contribution in [-0.2, 0) is 7.05 Å². The van der Waals surface area contributed by atoms with Crippen molar-refractivity contribution >= 4 is 16.9 Å². The first-order valence-corrected chi connectivity index (χ1v) is 6.64. The van der Waals surface area contributed by atoms with E-state index in [0.29, 0.717) is 23.0 Å². The van der Waals surface area contributed by atoms with E-state index in [9.17, 15) is 0 Å². The van der Waals surface area contributed by atoms with Crippen molar-refractivity contribution in [3.8, 4) is 17.1 Å². The molecule has 0 aromatic carbocycles. The number of nitrogens with two attached hydrogens (primary N) is 1. The van der Waals surface area contributed by atoms with Gasteiger partial charge in [-0.1, -0.05) is 13.8 Å². The molecule has 21 heavy (non-hydrogen) atoms. The fraction of sp³-hybridized carbons (Fsp3) is 0.286. The van der Waals surface area contributed by atoms with Crippen LogP contribution in [-0.4, -0.2) is 31.8 Å². The van der Waals surface area contributed by atoms with Crippen molar-refractivity contribution in [2.24, 2.45) is 7.05 Å². The molecular weight excluding hydrogens is 268 g/mol. The molecule has 3 heterocycles. The number of methoxy groups -OCH3 is 1. The molecule has 3 aromatic heterocycles. The number of nitrogen functional groups attached to an aromatic ring is 1. The zero-order chi connectivity index (χ0) is 15.4. The Morgan fingerprint density at radius 3 is 2.52 bits per heavy atom. The van der Waals surface area contributed by atoms with Crippen LogP contribution < -0.4 is 10.5 Å². The lowest BCUT2D eigenvalue weighted by molar-refractivity contribution is 0.398. The summed E-state index contributed by atoms with van der Waals surface area (Å²) in [7, 11) is 3.39. The second-order valence-corrected chi connectivity index (χ2v) is 4.02. The molecule has 0 bridgehead atoms. The third-order valence-corrected chi connectivity index (χ3v) is 2.87. The van der Waals surface area contributed by atoms with Crippen LogP contribution in [0.25, 0.3) is 22.3 Å². The van der Waals surface area contributed by atoms with Gasteiger partial charge in [-0.05, 0) is 6.07 Å². The molecule has 0 saturated carbocycles. The van der Waals surface area contributed by atoms with Crippen molar-refractivity contribution in [1.29, 1.82) is 0 Å². The van der Waals surface area contributed by atoms with E-state index in [-0.39, 0.29) is 0 Å². The van der Waals surface area contributed by atoms with Gasteiger partial charge in [-0.2, -0.15) is 5.10 Å². The van der Waals surface area contributed by atoms with Crippen LogP contribution in [0.2, 0.25) is 0 Å². The van der Waals surface area contributed by atoms with E-state index >= 15 is 0 Å². The first kappa shape index (κ1) is 14.7. The van der Waals surface area contributed by atoms with E-state index in [0.717, 1.165) is 10.9 Å². The summed E-state index contributed by atoms with van der Waals surface area (Å²) in [5.41, 5.74) is 8.16. The molecule has 0 aliphatic carbocycles. The van der Waals surface area contributed by atoms with Gasteiger partial charge in [0.2, 0.25) is 5.88 Å². The smallest absolute Gasteiger partial charge is 0.212 e. The number of ether oxygens (including phenoxy) is 1. The van der Waals surface area contributed by atoms with E-state index < -0.39 is 0 Å². The molecule has 0 unspecified atom stereocenters. The average molecular weight is 286 g/mol. The van der Waals surface area contributed by atoms with Crippen molar-refractivity contribution in [3.05, 3.63) is 24.7 Å². The maximum atomic E-state index is 5.91. The van der Waals surface area contributed by atoms with Gasteiger partial charge >= 0.3 is 0 Å². The third kappa shape index (κ3) is 2.62. The standard InChI is InChI=1S/C12H12N6O.C2H6/c1-18-12-9(11(13)15-6-16-12)10(17-18)7-3-4-8(19-2)14-5-7;1-2/h3-6H,1-2H3,(H2,13,15,16);1-2H3. The molecule has 3 aromatic rings. The van der Waals surface area contributed by atoms with Gasteiger partial charge in [-0.15, -0.1) is 0 Å². The molecule has 3 rings (SSSR count). The summed E-state index contributed by atoms with van der Waals surface area (Å²) in [6.45, 7) is 4.00. The second kappa shape index (κ2) is 6.17. The highest BCUT2D eigenvalue weighted by molar-refractivity contribution is 5.97. The zero-order valence-corrected chi connectivity index (χ0v) is 12.5. The summed E-state index contributed by atoms with van der Waals surface area (Å²) >= 11 is 0. The molecule has 0 saturated heterocycles. The van der Waals surface area contributed by atoms with Gasteiger partial charge in [0, 0.05) is 24.9 Å². The molecule has 0 fully saturated rings. The topological polar surface area (TPSA) is 91.7 Å². The van der Waals surface area contributed by atoms with E-state index in [1.165, 1.54) is 6.33 Å². The number of nitrogens with zero attached hydrogens (tertiary/aromatic N) is 5. The van der Waals surface area contributed by atoms with E-state index in [2.05, 4.69) is 20.1 Å². The van der Waals surface area contributed by atoms with Gasteiger partial charge in [-0.3, -0.25) is 0 Å². The summed E-state index contributed by atoms with van der Waals surface area (Å²) in [6.07, 6.45) is 3.11. The zero-order valence-electron chi connectivity index (χ0n) is 12.5. The van der Waals surface area contributed by atoms with Crippen LogP contribution >= 0.6 is 0 Å². The molecule has 0 atom stereocenters. The molecule has 0 amide bonds. The normalized spacial score (nSPS) is 10.1. The third-order valence-electron chi connectivity index (χ3n) is 2.87. The molecule has 0 spiro atoms. The summed E-state index contributed by atoms with van der Waals surface area (Å²) in [5, 5.41) is 5.16. The van der Waals surface area contributed by atoms with E-state index in [1.807, 2.05) is 27.0 Å². The Bertz CT molecular complexity index is 735. The van der Waals surface area contributed by atoms with Gasteiger partial charge in [0.25, 0.3) is 0 Å². The van der Waals surface area contributed by atoms with Gasteiger partial charge in [0.05, 0.1) is 12.5 Å². The molecule has 0 aliphatic heterocycles. The van der Waals surface area contributed by atoms with Crippen molar-refractivity contribution < 1.29 is 4.74 Å². The van der Waals surface area contributed by atoms with Crippen molar-refractivity contribution in [2.45, 2.75) is 13.8 Å². The predicted octanol–water partition coefficient (Wildman–Crippen LogP) is 2.04. The lowest BCUT2D eigenvalue weighted by atomic mass is 10.1. The average Bonchev–Trinajstić information content (AvgIpc) is 2.88. The number of aryl methyl sites for hydroxylation is 1. The van der Waals surface area contributed by atoms with E-state index in [1.54, 1.807) is 24.1 Å². The molecule has 110 valence electrons.